The van der Waals surface area contributed by atoms with Crippen molar-refractivity contribution in [2.45, 2.75) is 0 Å². The molecule has 0 N–H and O–H groups in total. The summed E-state index contributed by atoms with van der Waals surface area (Å²) in [6.45, 7) is 0. The molecule has 0 saturated heterocycles. The van der Waals surface area contributed by atoms with Crippen molar-refractivity contribution in [3.63, 3.8) is 0 Å². The Kier molecular flexibility index (Phi) is 3.84. The molecule has 0 atom stereocenters. The van der Waals surface area contributed by atoms with Gasteiger partial charge in [0.1, 0.15) is 11.5 Å². The number of para-hydroxylation sites is 1. The molecule has 6 nitrogen and oxygen atoms in total. The van der Waals surface area contributed by atoms with Crippen molar-refractivity contribution in [2.24, 2.45) is 0 Å². The molecule has 0 saturated carbocycles. The van der Waals surface area contributed by atoms with Gasteiger partial charge in [0.05, 0.1) is 5.69 Å². The van der Waals surface area contributed by atoms with Crippen LogP contribution in [-0.2, 0) is 0 Å². The number of hydrogen-bond acceptors (Lipinski definition) is 5. The van der Waals surface area contributed by atoms with Crippen molar-refractivity contribution >= 4 is 0 Å². The van der Waals surface area contributed by atoms with Crippen LogP contribution in [0.5, 0.6) is 11.5 Å². The Balaban J connectivity index is 1.84. The Morgan fingerprint density at radius 3 is 2.60 bits per heavy atom. The second kappa shape index (κ2) is 6.45. The fourth-order valence-corrected chi connectivity index (χ4v) is 2.49. The van der Waals surface area contributed by atoms with Crippen LogP contribution in [0.15, 0.2) is 88.7 Å². The van der Waals surface area contributed by atoms with Crippen molar-refractivity contribution in [3.8, 4) is 28.3 Å². The van der Waals surface area contributed by atoms with Gasteiger partial charge in [-0.05, 0) is 30.3 Å². The Labute approximate surface area is 143 Å². The van der Waals surface area contributed by atoms with E-state index in [9.17, 15) is 4.79 Å². The first-order valence-electron chi connectivity index (χ1n) is 7.62. The van der Waals surface area contributed by atoms with Crippen molar-refractivity contribution in [2.75, 3.05) is 0 Å². The largest absolute Gasteiger partial charge is 0.457 e. The summed E-state index contributed by atoms with van der Waals surface area (Å²) >= 11 is 0. The normalized spacial score (nSPS) is 10.6. The monoisotopic (exact) mass is 331 g/mol. The number of pyridine rings is 1. The molecule has 6 heteroatoms. The van der Waals surface area contributed by atoms with Gasteiger partial charge < -0.3 is 9.15 Å². The van der Waals surface area contributed by atoms with Gasteiger partial charge >= 0.3 is 5.76 Å². The van der Waals surface area contributed by atoms with E-state index in [4.69, 9.17) is 9.15 Å². The zero-order valence-corrected chi connectivity index (χ0v) is 13.1. The molecule has 2 aromatic carbocycles. The molecule has 0 bridgehead atoms. The summed E-state index contributed by atoms with van der Waals surface area (Å²) in [4.78, 5) is 15.9. The average Bonchev–Trinajstić information content (AvgIpc) is 3.09. The molecule has 122 valence electrons. The van der Waals surface area contributed by atoms with E-state index in [-0.39, 0.29) is 0 Å². The highest BCUT2D eigenvalue weighted by molar-refractivity contribution is 5.72. The highest BCUT2D eigenvalue weighted by atomic mass is 16.5. The Morgan fingerprint density at radius 1 is 1.00 bits per heavy atom. The quantitative estimate of drug-likeness (QED) is 0.570. The SMILES string of the molecule is O=c1ocnn1-c1ccc(-c2cccnc2)c(Oc2ccccc2)c1. The average molecular weight is 331 g/mol. The molecule has 0 aliphatic carbocycles. The van der Waals surface area contributed by atoms with Crippen LogP contribution in [-0.4, -0.2) is 14.8 Å². The number of rotatable bonds is 4. The molecule has 0 aliphatic rings. The second-order valence-electron chi connectivity index (χ2n) is 5.25. The van der Waals surface area contributed by atoms with Crippen molar-refractivity contribution in [1.29, 1.82) is 0 Å². The maximum atomic E-state index is 11.7. The third-order valence-electron chi connectivity index (χ3n) is 3.64. The predicted molar refractivity (Wildman–Crippen MR) is 91.8 cm³/mol. The molecule has 0 aliphatic heterocycles. The van der Waals surface area contributed by atoms with Crippen molar-refractivity contribution in [1.82, 2.24) is 14.8 Å². The molecular formula is C19H13N3O3. The van der Waals surface area contributed by atoms with E-state index in [1.807, 2.05) is 48.5 Å². The summed E-state index contributed by atoms with van der Waals surface area (Å²) in [6.07, 6.45) is 4.58. The highest BCUT2D eigenvalue weighted by Crippen LogP contribution is 2.34. The number of benzene rings is 2. The number of aromatic nitrogens is 3. The molecular weight excluding hydrogens is 318 g/mol. The van der Waals surface area contributed by atoms with Gasteiger partial charge in [0, 0.05) is 29.6 Å². The van der Waals surface area contributed by atoms with Crippen molar-refractivity contribution < 1.29 is 9.15 Å². The summed E-state index contributed by atoms with van der Waals surface area (Å²) in [7, 11) is 0. The van der Waals surface area contributed by atoms with Gasteiger partial charge in [-0.15, -0.1) is 5.10 Å². The maximum Gasteiger partial charge on any atom is 0.441 e. The second-order valence-corrected chi connectivity index (χ2v) is 5.25. The molecule has 25 heavy (non-hydrogen) atoms. The third kappa shape index (κ3) is 3.05. The topological polar surface area (TPSA) is 70.2 Å². The van der Waals surface area contributed by atoms with Gasteiger partial charge in [-0.1, -0.05) is 24.3 Å². The van der Waals surface area contributed by atoms with Crippen LogP contribution in [0, 0.1) is 0 Å². The van der Waals surface area contributed by atoms with E-state index in [0.29, 0.717) is 17.2 Å². The van der Waals surface area contributed by atoms with Crippen molar-refractivity contribution in [3.05, 3.63) is 90.0 Å². The first-order valence-corrected chi connectivity index (χ1v) is 7.62. The van der Waals surface area contributed by atoms with Crippen LogP contribution in [0.1, 0.15) is 0 Å². The van der Waals surface area contributed by atoms with Gasteiger partial charge in [-0.25, -0.2) is 4.79 Å². The first kappa shape index (κ1) is 14.9. The molecule has 0 radical (unpaired) electrons. The van der Waals surface area contributed by atoms with E-state index >= 15 is 0 Å². The number of hydrogen-bond donors (Lipinski definition) is 0. The van der Waals surface area contributed by atoms with Crippen LogP contribution in [0.25, 0.3) is 16.8 Å². The Morgan fingerprint density at radius 2 is 1.88 bits per heavy atom. The summed E-state index contributed by atoms with van der Waals surface area (Å²) < 4.78 is 11.9. The first-order chi connectivity index (χ1) is 12.3. The highest BCUT2D eigenvalue weighted by Gasteiger charge is 2.12. The van der Waals surface area contributed by atoms with Crippen LogP contribution >= 0.6 is 0 Å². The molecule has 2 aromatic heterocycles. The van der Waals surface area contributed by atoms with Gasteiger partial charge in [-0.3, -0.25) is 4.98 Å². The summed E-state index contributed by atoms with van der Waals surface area (Å²) in [5, 5.41) is 3.91. The molecule has 0 amide bonds. The van der Waals surface area contributed by atoms with Crippen LogP contribution < -0.4 is 10.5 Å². The minimum Gasteiger partial charge on any atom is -0.457 e. The summed E-state index contributed by atoms with van der Waals surface area (Å²) in [5.41, 5.74) is 2.32. The summed E-state index contributed by atoms with van der Waals surface area (Å²) in [6, 6.07) is 18.6. The Hall–Kier alpha value is -3.67. The molecule has 4 rings (SSSR count). The standard InChI is InChI=1S/C19H13N3O3/c23-19-22(21-13-24-19)15-8-9-17(14-5-4-10-20-12-14)18(11-15)25-16-6-2-1-3-7-16/h1-13H. The number of ether oxygens (including phenoxy) is 1. The van der Waals surface area contributed by atoms with E-state index < -0.39 is 5.76 Å². The van der Waals surface area contributed by atoms with Crippen LogP contribution in [0.2, 0.25) is 0 Å². The fourth-order valence-electron chi connectivity index (χ4n) is 2.49. The van der Waals surface area contributed by atoms with E-state index in [2.05, 4.69) is 10.1 Å². The van der Waals surface area contributed by atoms with Gasteiger partial charge in [0.2, 0.25) is 6.39 Å². The van der Waals surface area contributed by atoms with Crippen LogP contribution in [0.3, 0.4) is 0 Å². The minimum atomic E-state index is -0.556. The lowest BCUT2D eigenvalue weighted by Gasteiger charge is -2.13. The summed E-state index contributed by atoms with van der Waals surface area (Å²) in [5.74, 6) is 0.726. The fraction of sp³-hybridized carbons (Fsp3) is 0. The lowest BCUT2D eigenvalue weighted by Crippen LogP contribution is -2.13. The lowest BCUT2D eigenvalue weighted by molar-refractivity contribution is 0.483. The molecule has 0 fully saturated rings. The van der Waals surface area contributed by atoms with E-state index in [0.717, 1.165) is 17.5 Å². The number of nitrogens with zero attached hydrogens (tertiary/aromatic N) is 3. The zero-order chi connectivity index (χ0) is 17.1. The zero-order valence-electron chi connectivity index (χ0n) is 13.1. The maximum absolute atomic E-state index is 11.7. The van der Waals surface area contributed by atoms with Gasteiger partial charge in [0.15, 0.2) is 0 Å². The van der Waals surface area contributed by atoms with Gasteiger partial charge in [-0.2, -0.15) is 4.68 Å². The van der Waals surface area contributed by atoms with Gasteiger partial charge in [0.25, 0.3) is 0 Å². The third-order valence-corrected chi connectivity index (χ3v) is 3.64. The lowest BCUT2D eigenvalue weighted by atomic mass is 10.1. The molecule has 0 unspecified atom stereocenters. The van der Waals surface area contributed by atoms with E-state index in [1.165, 1.54) is 4.68 Å². The molecule has 4 aromatic rings. The minimum absolute atomic E-state index is 0.553. The molecule has 2 heterocycles. The smallest absolute Gasteiger partial charge is 0.441 e. The predicted octanol–water partition coefficient (Wildman–Crippen LogP) is 3.68. The molecule has 0 spiro atoms. The van der Waals surface area contributed by atoms with E-state index in [1.54, 1.807) is 24.5 Å². The van der Waals surface area contributed by atoms with Crippen LogP contribution in [0.4, 0.5) is 0 Å². The Bertz CT molecular complexity index is 1040.